The minimum absolute atomic E-state index is 0.0136. The highest BCUT2D eigenvalue weighted by molar-refractivity contribution is 6.54. The van der Waals surface area contributed by atoms with Crippen LogP contribution in [0, 0.1) is 5.21 Å². The van der Waals surface area contributed by atoms with Crippen LogP contribution in [0.4, 0.5) is 0 Å². The Hall–Kier alpha value is -2.35. The summed E-state index contributed by atoms with van der Waals surface area (Å²) in [6, 6.07) is 8.96. The lowest BCUT2D eigenvalue weighted by Gasteiger charge is -2.25. The summed E-state index contributed by atoms with van der Waals surface area (Å²) in [5.41, 5.74) is 0.713. The molecule has 1 heterocycles. The van der Waals surface area contributed by atoms with Gasteiger partial charge in [0.25, 0.3) is 0 Å². The zero-order valence-electron chi connectivity index (χ0n) is 12.5. The molecule has 7 nitrogen and oxygen atoms in total. The van der Waals surface area contributed by atoms with Crippen molar-refractivity contribution >= 4 is 25.3 Å². The van der Waals surface area contributed by atoms with Gasteiger partial charge in [-0.05, 0) is 12.6 Å². The predicted octanol–water partition coefficient (Wildman–Crippen LogP) is 0.0403. The van der Waals surface area contributed by atoms with Gasteiger partial charge in [0.1, 0.15) is 12.9 Å². The minimum Gasteiger partial charge on any atom is -0.624 e. The van der Waals surface area contributed by atoms with Crippen LogP contribution in [0.1, 0.15) is 11.4 Å². The summed E-state index contributed by atoms with van der Waals surface area (Å²) < 4.78 is 11.1. The smallest absolute Gasteiger partial charge is 0.617 e. The molecule has 0 bridgehead atoms. The summed E-state index contributed by atoms with van der Waals surface area (Å²) in [6.45, 7) is -0.0271. The normalized spacial score (nSPS) is 19.0. The van der Waals surface area contributed by atoms with Gasteiger partial charge in [-0.2, -0.15) is 0 Å². The minimum atomic E-state index is -1.16. The number of hydrogen-bond donors (Lipinski definition) is 0. The van der Waals surface area contributed by atoms with Crippen molar-refractivity contribution in [1.29, 1.82) is 0 Å². The molecular formula is C14H17BN2O5. The molecule has 1 aliphatic rings. The summed E-state index contributed by atoms with van der Waals surface area (Å²) in [5, 5.41) is 11.4. The first-order valence-electron chi connectivity index (χ1n) is 6.83. The number of hydrogen-bond acceptors (Lipinski definition) is 6. The van der Waals surface area contributed by atoms with Crippen LogP contribution in [0.5, 0.6) is 0 Å². The lowest BCUT2D eigenvalue weighted by Crippen LogP contribution is -2.45. The number of carbonyl (C=O) groups excluding carboxylic acids is 2. The molecule has 1 aliphatic heterocycles. The Kier molecular flexibility index (Phi) is 5.16. The van der Waals surface area contributed by atoms with Gasteiger partial charge in [-0.25, -0.2) is 4.74 Å². The molecule has 1 saturated heterocycles. The monoisotopic (exact) mass is 304 g/mol. The van der Waals surface area contributed by atoms with E-state index in [9.17, 15) is 14.8 Å². The second kappa shape index (κ2) is 7.08. The Morgan fingerprint density at radius 2 is 1.77 bits per heavy atom. The van der Waals surface area contributed by atoms with E-state index in [1.807, 2.05) is 6.07 Å². The molecule has 1 unspecified atom stereocenters. The van der Waals surface area contributed by atoms with Gasteiger partial charge in [0.05, 0.1) is 13.1 Å². The van der Waals surface area contributed by atoms with Crippen molar-refractivity contribution in [3.63, 3.8) is 0 Å². The molecule has 1 aromatic rings. The van der Waals surface area contributed by atoms with Crippen molar-refractivity contribution in [3.05, 3.63) is 41.1 Å². The Morgan fingerprint density at radius 1 is 1.23 bits per heavy atom. The Morgan fingerprint density at radius 3 is 2.27 bits per heavy atom. The second-order valence-corrected chi connectivity index (χ2v) is 5.15. The van der Waals surface area contributed by atoms with Gasteiger partial charge in [0, 0.05) is 0 Å². The second-order valence-electron chi connectivity index (χ2n) is 5.15. The molecule has 0 spiro atoms. The van der Waals surface area contributed by atoms with E-state index in [1.54, 1.807) is 31.3 Å². The van der Waals surface area contributed by atoms with Crippen LogP contribution in [-0.4, -0.2) is 62.1 Å². The standard InChI is InChI=1S/C14H17BN2O5/c1-16-9-13(18)21-15(22-14(19)10-16)12(8-17(2)20)11-6-4-3-5-7-11/h3-8,12H,9-10H2,1-2H3/b17-8-. The largest absolute Gasteiger partial charge is 0.624 e. The molecule has 116 valence electrons. The fraction of sp³-hybridized carbons (Fsp3) is 0.357. The van der Waals surface area contributed by atoms with Crippen LogP contribution >= 0.6 is 0 Å². The third-order valence-electron chi connectivity index (χ3n) is 3.14. The summed E-state index contributed by atoms with van der Waals surface area (Å²) in [4.78, 5) is 25.1. The van der Waals surface area contributed by atoms with Crippen molar-refractivity contribution in [1.82, 2.24) is 4.90 Å². The summed E-state index contributed by atoms with van der Waals surface area (Å²) in [7, 11) is 1.78. The number of rotatable bonds is 3. The van der Waals surface area contributed by atoms with Crippen molar-refractivity contribution in [3.8, 4) is 0 Å². The maximum Gasteiger partial charge on any atom is 0.617 e. The molecular weight excluding hydrogens is 287 g/mol. The van der Waals surface area contributed by atoms with Crippen LogP contribution in [0.3, 0.4) is 0 Å². The van der Waals surface area contributed by atoms with E-state index < -0.39 is 24.9 Å². The van der Waals surface area contributed by atoms with Gasteiger partial charge in [-0.3, -0.25) is 14.5 Å². The summed E-state index contributed by atoms with van der Waals surface area (Å²) in [6.07, 6.45) is 1.31. The number of benzene rings is 1. The van der Waals surface area contributed by atoms with Crippen LogP contribution < -0.4 is 0 Å². The van der Waals surface area contributed by atoms with Gasteiger partial charge in [-0.1, -0.05) is 30.3 Å². The SMILES string of the molecule is CN1CC(=O)OB(C(/C=[N+](/C)[O-])c2ccccc2)OC(=O)C1. The lowest BCUT2D eigenvalue weighted by atomic mass is 9.68. The Bertz CT molecular complexity index is 554. The van der Waals surface area contributed by atoms with Crippen LogP contribution in [0.25, 0.3) is 0 Å². The molecule has 0 aromatic heterocycles. The molecule has 0 amide bonds. The average molecular weight is 304 g/mol. The van der Waals surface area contributed by atoms with E-state index in [-0.39, 0.29) is 13.1 Å². The molecule has 22 heavy (non-hydrogen) atoms. The number of likely N-dealkylation sites (N-methyl/N-ethyl adjacent to an activating group) is 1. The molecule has 8 heteroatoms. The molecule has 2 rings (SSSR count). The fourth-order valence-electron chi connectivity index (χ4n) is 2.22. The highest BCUT2D eigenvalue weighted by atomic mass is 16.6. The van der Waals surface area contributed by atoms with E-state index in [1.165, 1.54) is 18.2 Å². The van der Waals surface area contributed by atoms with E-state index in [2.05, 4.69) is 0 Å². The molecule has 0 aliphatic carbocycles. The van der Waals surface area contributed by atoms with Gasteiger partial charge >= 0.3 is 19.1 Å². The number of hydroxylamine groups is 1. The fourth-order valence-corrected chi connectivity index (χ4v) is 2.22. The van der Waals surface area contributed by atoms with E-state index in [0.29, 0.717) is 10.3 Å². The Labute approximate surface area is 128 Å². The molecule has 1 fully saturated rings. The quantitative estimate of drug-likeness (QED) is 0.258. The van der Waals surface area contributed by atoms with E-state index in [0.717, 1.165) is 0 Å². The van der Waals surface area contributed by atoms with Gasteiger partial charge in [0.15, 0.2) is 6.21 Å². The first-order chi connectivity index (χ1) is 10.5. The topological polar surface area (TPSA) is 81.9 Å². The zero-order chi connectivity index (χ0) is 16.1. The van der Waals surface area contributed by atoms with Crippen LogP contribution in [-0.2, 0) is 18.9 Å². The van der Waals surface area contributed by atoms with Crippen LogP contribution in [0.15, 0.2) is 30.3 Å². The molecule has 1 atom stereocenters. The maximum absolute atomic E-state index is 11.8. The first-order valence-corrected chi connectivity index (χ1v) is 6.83. The first kappa shape index (κ1) is 16.0. The van der Waals surface area contributed by atoms with E-state index >= 15 is 0 Å². The predicted molar refractivity (Wildman–Crippen MR) is 80.2 cm³/mol. The van der Waals surface area contributed by atoms with Gasteiger partial charge in [-0.15, -0.1) is 0 Å². The van der Waals surface area contributed by atoms with Crippen molar-refractivity contribution in [2.24, 2.45) is 0 Å². The van der Waals surface area contributed by atoms with Crippen molar-refractivity contribution in [2.75, 3.05) is 27.2 Å². The molecule has 1 aromatic carbocycles. The van der Waals surface area contributed by atoms with Crippen molar-refractivity contribution < 1.29 is 23.6 Å². The zero-order valence-corrected chi connectivity index (χ0v) is 12.5. The highest BCUT2D eigenvalue weighted by Crippen LogP contribution is 2.20. The third kappa shape index (κ3) is 4.32. The third-order valence-corrected chi connectivity index (χ3v) is 3.14. The van der Waals surface area contributed by atoms with Gasteiger partial charge < -0.3 is 14.5 Å². The maximum atomic E-state index is 11.8. The Balaban J connectivity index is 2.31. The average Bonchev–Trinajstić information content (AvgIpc) is 2.43. The number of nitrogens with zero attached hydrogens (tertiary/aromatic N) is 2. The summed E-state index contributed by atoms with van der Waals surface area (Å²) >= 11 is 0. The molecule has 0 N–H and O–H groups in total. The molecule has 0 radical (unpaired) electrons. The van der Waals surface area contributed by atoms with Gasteiger partial charge in [0.2, 0.25) is 0 Å². The van der Waals surface area contributed by atoms with E-state index in [4.69, 9.17) is 9.31 Å². The summed E-state index contributed by atoms with van der Waals surface area (Å²) in [5.74, 6) is -1.69. The molecule has 0 saturated carbocycles. The van der Waals surface area contributed by atoms with Crippen LogP contribution in [0.2, 0.25) is 0 Å². The number of carbonyl (C=O) groups is 2. The lowest BCUT2D eigenvalue weighted by molar-refractivity contribution is -0.418. The van der Waals surface area contributed by atoms with Crippen molar-refractivity contribution in [2.45, 2.75) is 5.82 Å². The highest BCUT2D eigenvalue weighted by Gasteiger charge is 2.41.